The molecule has 72 valence electrons. The summed E-state index contributed by atoms with van der Waals surface area (Å²) < 4.78 is 2.30. The Morgan fingerprint density at radius 3 is 3.08 bits per heavy atom. The lowest BCUT2D eigenvalue weighted by atomic mass is 9.98. The highest BCUT2D eigenvalue weighted by Crippen LogP contribution is 2.33. The molecule has 1 aromatic rings. The van der Waals surface area contributed by atoms with Gasteiger partial charge in [-0.3, -0.25) is 0 Å². The summed E-state index contributed by atoms with van der Waals surface area (Å²) in [7, 11) is 0. The van der Waals surface area contributed by atoms with Crippen LogP contribution in [0.15, 0.2) is 0 Å². The molecule has 0 spiro atoms. The van der Waals surface area contributed by atoms with Gasteiger partial charge in [-0.2, -0.15) is 0 Å². The van der Waals surface area contributed by atoms with E-state index in [-0.39, 0.29) is 0 Å². The highest BCUT2D eigenvalue weighted by molar-refractivity contribution is 6.30. The lowest BCUT2D eigenvalue weighted by molar-refractivity contribution is 0.464. The third kappa shape index (κ3) is 1.37. The molecule has 0 amide bonds. The van der Waals surface area contributed by atoms with Crippen molar-refractivity contribution < 1.29 is 0 Å². The SMILES string of the molecule is CCc1nc(Cl)c2n1CCCC2C. The highest BCUT2D eigenvalue weighted by Gasteiger charge is 2.23. The molecule has 0 N–H and O–H groups in total. The molecule has 0 radical (unpaired) electrons. The molecule has 1 unspecified atom stereocenters. The highest BCUT2D eigenvalue weighted by atomic mass is 35.5. The van der Waals surface area contributed by atoms with E-state index in [1.807, 2.05) is 0 Å². The molecule has 0 fully saturated rings. The molecule has 1 aromatic heterocycles. The van der Waals surface area contributed by atoms with Gasteiger partial charge in [0, 0.05) is 13.0 Å². The van der Waals surface area contributed by atoms with Crippen LogP contribution in [0.1, 0.15) is 44.1 Å². The van der Waals surface area contributed by atoms with Gasteiger partial charge in [-0.25, -0.2) is 4.98 Å². The third-order valence-electron chi connectivity index (χ3n) is 2.84. The second-order valence-corrected chi connectivity index (χ2v) is 4.11. The zero-order chi connectivity index (χ0) is 9.42. The van der Waals surface area contributed by atoms with E-state index in [9.17, 15) is 0 Å². The van der Waals surface area contributed by atoms with Crippen LogP contribution in [0.2, 0.25) is 5.15 Å². The molecular formula is C10H15ClN2. The van der Waals surface area contributed by atoms with Gasteiger partial charge in [0.2, 0.25) is 0 Å². The number of aryl methyl sites for hydroxylation is 1. The van der Waals surface area contributed by atoms with Crippen molar-refractivity contribution in [2.24, 2.45) is 0 Å². The van der Waals surface area contributed by atoms with E-state index < -0.39 is 0 Å². The summed E-state index contributed by atoms with van der Waals surface area (Å²) in [5, 5.41) is 0.726. The van der Waals surface area contributed by atoms with Crippen molar-refractivity contribution in [3.8, 4) is 0 Å². The molecule has 2 nitrogen and oxygen atoms in total. The maximum absolute atomic E-state index is 6.10. The van der Waals surface area contributed by atoms with Crippen LogP contribution >= 0.6 is 11.6 Å². The van der Waals surface area contributed by atoms with Gasteiger partial charge in [-0.05, 0) is 18.8 Å². The van der Waals surface area contributed by atoms with Crippen LogP contribution in [0.25, 0.3) is 0 Å². The van der Waals surface area contributed by atoms with Crippen molar-refractivity contribution in [3.05, 3.63) is 16.7 Å². The maximum atomic E-state index is 6.10. The fraction of sp³-hybridized carbons (Fsp3) is 0.700. The Morgan fingerprint density at radius 2 is 2.38 bits per heavy atom. The Labute approximate surface area is 83.9 Å². The van der Waals surface area contributed by atoms with Gasteiger partial charge >= 0.3 is 0 Å². The van der Waals surface area contributed by atoms with Gasteiger partial charge in [0.05, 0.1) is 5.69 Å². The van der Waals surface area contributed by atoms with Crippen LogP contribution in [0.3, 0.4) is 0 Å². The van der Waals surface area contributed by atoms with Crippen LogP contribution in [0.5, 0.6) is 0 Å². The molecule has 1 aliphatic heterocycles. The van der Waals surface area contributed by atoms with Crippen LogP contribution < -0.4 is 0 Å². The predicted octanol–water partition coefficient (Wildman–Crippen LogP) is 3.00. The van der Waals surface area contributed by atoms with E-state index in [0.717, 1.165) is 23.9 Å². The monoisotopic (exact) mass is 198 g/mol. The van der Waals surface area contributed by atoms with E-state index in [1.165, 1.54) is 18.5 Å². The molecule has 0 bridgehead atoms. The molecule has 3 heteroatoms. The second kappa shape index (κ2) is 3.33. The van der Waals surface area contributed by atoms with Crippen molar-refractivity contribution >= 4 is 11.6 Å². The lowest BCUT2D eigenvalue weighted by Gasteiger charge is -2.22. The minimum atomic E-state index is 0.578. The molecule has 1 aliphatic rings. The molecule has 0 saturated carbocycles. The zero-order valence-electron chi connectivity index (χ0n) is 8.18. The van der Waals surface area contributed by atoms with Gasteiger partial charge in [0.15, 0.2) is 5.15 Å². The van der Waals surface area contributed by atoms with Crippen LogP contribution in [-0.2, 0) is 13.0 Å². The standard InChI is InChI=1S/C10H15ClN2/c1-3-8-12-10(11)9-7(2)5-4-6-13(8)9/h7H,3-6H2,1-2H3. The van der Waals surface area contributed by atoms with E-state index in [1.54, 1.807) is 0 Å². The van der Waals surface area contributed by atoms with Crippen molar-refractivity contribution in [2.75, 3.05) is 0 Å². The first kappa shape index (κ1) is 9.07. The van der Waals surface area contributed by atoms with Gasteiger partial charge in [0.25, 0.3) is 0 Å². The van der Waals surface area contributed by atoms with E-state index in [4.69, 9.17) is 11.6 Å². The molecular weight excluding hydrogens is 184 g/mol. The molecule has 0 aromatic carbocycles. The van der Waals surface area contributed by atoms with E-state index >= 15 is 0 Å². The molecule has 0 aliphatic carbocycles. The Kier molecular flexibility index (Phi) is 2.33. The summed E-state index contributed by atoms with van der Waals surface area (Å²) in [5.41, 5.74) is 1.25. The Hall–Kier alpha value is -0.500. The molecule has 2 rings (SSSR count). The number of hydrogen-bond donors (Lipinski definition) is 0. The third-order valence-corrected chi connectivity index (χ3v) is 3.12. The number of nitrogens with zero attached hydrogens (tertiary/aromatic N) is 2. The summed E-state index contributed by atoms with van der Waals surface area (Å²) in [5.74, 6) is 1.72. The maximum Gasteiger partial charge on any atom is 0.150 e. The first-order chi connectivity index (χ1) is 6.24. The summed E-state index contributed by atoms with van der Waals surface area (Å²) in [6, 6.07) is 0. The van der Waals surface area contributed by atoms with Crippen molar-refractivity contribution in [3.63, 3.8) is 0 Å². The molecule has 1 atom stereocenters. The molecule has 13 heavy (non-hydrogen) atoms. The van der Waals surface area contributed by atoms with Gasteiger partial charge in [-0.15, -0.1) is 0 Å². The minimum absolute atomic E-state index is 0.578. The Morgan fingerprint density at radius 1 is 1.62 bits per heavy atom. The Balaban J connectivity index is 2.51. The fourth-order valence-corrected chi connectivity index (χ4v) is 2.55. The number of imidazole rings is 1. The average molecular weight is 199 g/mol. The largest absolute Gasteiger partial charge is 0.330 e. The number of halogens is 1. The van der Waals surface area contributed by atoms with Crippen molar-refractivity contribution in [2.45, 2.75) is 45.6 Å². The summed E-state index contributed by atoms with van der Waals surface area (Å²) in [6.45, 7) is 5.46. The molecule has 0 saturated heterocycles. The zero-order valence-corrected chi connectivity index (χ0v) is 8.93. The number of aromatic nitrogens is 2. The summed E-state index contributed by atoms with van der Waals surface area (Å²) in [6.07, 6.45) is 3.48. The second-order valence-electron chi connectivity index (χ2n) is 3.75. The van der Waals surface area contributed by atoms with Gasteiger partial charge in [0.1, 0.15) is 5.82 Å². The number of rotatable bonds is 1. The summed E-state index contributed by atoms with van der Waals surface area (Å²) >= 11 is 6.10. The van der Waals surface area contributed by atoms with E-state index in [2.05, 4.69) is 23.4 Å². The summed E-state index contributed by atoms with van der Waals surface area (Å²) in [4.78, 5) is 4.39. The van der Waals surface area contributed by atoms with E-state index in [0.29, 0.717) is 5.92 Å². The first-order valence-electron chi connectivity index (χ1n) is 4.98. The lowest BCUT2D eigenvalue weighted by Crippen LogP contribution is -2.15. The van der Waals surface area contributed by atoms with Crippen LogP contribution in [0.4, 0.5) is 0 Å². The van der Waals surface area contributed by atoms with Gasteiger partial charge < -0.3 is 4.57 Å². The quantitative estimate of drug-likeness (QED) is 0.679. The first-order valence-corrected chi connectivity index (χ1v) is 5.36. The predicted molar refractivity (Wildman–Crippen MR) is 54.3 cm³/mol. The van der Waals surface area contributed by atoms with Crippen LogP contribution in [0, 0.1) is 0 Å². The van der Waals surface area contributed by atoms with Crippen molar-refractivity contribution in [1.29, 1.82) is 0 Å². The van der Waals surface area contributed by atoms with Crippen LogP contribution in [-0.4, -0.2) is 9.55 Å². The smallest absolute Gasteiger partial charge is 0.150 e. The average Bonchev–Trinajstić information content (AvgIpc) is 2.44. The molecule has 2 heterocycles. The topological polar surface area (TPSA) is 17.8 Å². The Bertz CT molecular complexity index is 317. The van der Waals surface area contributed by atoms with Gasteiger partial charge in [-0.1, -0.05) is 25.4 Å². The minimum Gasteiger partial charge on any atom is -0.330 e. The number of fused-ring (bicyclic) bond motifs is 1. The fourth-order valence-electron chi connectivity index (χ4n) is 2.16. The number of hydrogen-bond acceptors (Lipinski definition) is 1. The normalized spacial score (nSPS) is 21.6. The van der Waals surface area contributed by atoms with Crippen molar-refractivity contribution in [1.82, 2.24) is 9.55 Å².